The van der Waals surface area contributed by atoms with E-state index in [0.717, 1.165) is 17.0 Å². The summed E-state index contributed by atoms with van der Waals surface area (Å²) in [6.07, 6.45) is -1.16. The molecular formula is C19H19BF3N3O2. The van der Waals surface area contributed by atoms with Crippen molar-refractivity contribution in [1.82, 2.24) is 14.4 Å². The van der Waals surface area contributed by atoms with Crippen molar-refractivity contribution >= 4 is 18.1 Å². The molecule has 0 aromatic carbocycles. The number of aromatic nitrogens is 3. The van der Waals surface area contributed by atoms with Crippen LogP contribution in [0.1, 0.15) is 33.4 Å². The molecule has 0 atom stereocenters. The molecule has 146 valence electrons. The van der Waals surface area contributed by atoms with Crippen LogP contribution in [0.5, 0.6) is 0 Å². The lowest BCUT2D eigenvalue weighted by atomic mass is 9.80. The van der Waals surface area contributed by atoms with E-state index in [-0.39, 0.29) is 5.69 Å². The summed E-state index contributed by atoms with van der Waals surface area (Å²) < 4.78 is 52.9. The Morgan fingerprint density at radius 3 is 2.32 bits per heavy atom. The van der Waals surface area contributed by atoms with Gasteiger partial charge in [0.15, 0.2) is 5.82 Å². The highest BCUT2D eigenvalue weighted by molar-refractivity contribution is 6.62. The summed E-state index contributed by atoms with van der Waals surface area (Å²) in [5.41, 5.74) is -0.323. The van der Waals surface area contributed by atoms with Gasteiger partial charge in [-0.3, -0.25) is 4.40 Å². The van der Waals surface area contributed by atoms with Gasteiger partial charge in [0.1, 0.15) is 11.4 Å². The highest BCUT2D eigenvalue weighted by Gasteiger charge is 2.51. The fourth-order valence-corrected chi connectivity index (χ4v) is 3.03. The molecule has 1 aliphatic heterocycles. The fourth-order valence-electron chi connectivity index (χ4n) is 3.03. The topological polar surface area (TPSA) is 48.7 Å². The van der Waals surface area contributed by atoms with Crippen LogP contribution >= 0.6 is 0 Å². The first-order chi connectivity index (χ1) is 13.0. The van der Waals surface area contributed by atoms with Crippen molar-refractivity contribution in [2.75, 3.05) is 0 Å². The highest BCUT2D eigenvalue weighted by atomic mass is 19.4. The molecule has 1 saturated heterocycles. The van der Waals surface area contributed by atoms with Crippen molar-refractivity contribution in [3.63, 3.8) is 0 Å². The Morgan fingerprint density at radius 1 is 1.00 bits per heavy atom. The molecule has 0 spiro atoms. The number of fused-ring (bicyclic) bond motifs is 1. The Kier molecular flexibility index (Phi) is 4.10. The van der Waals surface area contributed by atoms with Crippen molar-refractivity contribution in [3.8, 4) is 11.5 Å². The number of pyridine rings is 2. The molecule has 4 rings (SSSR count). The van der Waals surface area contributed by atoms with Crippen molar-refractivity contribution in [1.29, 1.82) is 0 Å². The zero-order valence-electron chi connectivity index (χ0n) is 15.9. The van der Waals surface area contributed by atoms with E-state index in [1.165, 1.54) is 12.1 Å². The number of hydrogen-bond donors (Lipinski definition) is 0. The number of alkyl halides is 3. The SMILES string of the molecule is CC1(C)OB(c2ccc3cnc(-c4cccc(C(F)(F)F)n4)n3c2)OC1(C)C. The van der Waals surface area contributed by atoms with Gasteiger partial charge in [-0.15, -0.1) is 0 Å². The van der Waals surface area contributed by atoms with Gasteiger partial charge >= 0.3 is 13.3 Å². The van der Waals surface area contributed by atoms with Crippen LogP contribution in [0.15, 0.2) is 42.7 Å². The highest BCUT2D eigenvalue weighted by Crippen LogP contribution is 2.36. The minimum atomic E-state index is -4.52. The molecule has 1 aliphatic rings. The van der Waals surface area contributed by atoms with Crippen molar-refractivity contribution in [2.45, 2.75) is 45.1 Å². The quantitative estimate of drug-likeness (QED) is 0.627. The van der Waals surface area contributed by atoms with Crippen LogP contribution in [0.2, 0.25) is 0 Å². The Labute approximate surface area is 160 Å². The second-order valence-corrected chi connectivity index (χ2v) is 7.83. The number of rotatable bonds is 2. The number of imidazole rings is 1. The van der Waals surface area contributed by atoms with E-state index in [1.54, 1.807) is 16.8 Å². The monoisotopic (exact) mass is 389 g/mol. The van der Waals surface area contributed by atoms with Crippen LogP contribution in [0.25, 0.3) is 17.0 Å². The van der Waals surface area contributed by atoms with Gasteiger partial charge < -0.3 is 9.31 Å². The summed E-state index contributed by atoms with van der Waals surface area (Å²) in [6.45, 7) is 7.84. The maximum atomic E-state index is 13.0. The van der Waals surface area contributed by atoms with Gasteiger partial charge in [-0.2, -0.15) is 13.2 Å². The normalized spacial score (nSPS) is 18.8. The third-order valence-corrected chi connectivity index (χ3v) is 5.34. The zero-order chi connectivity index (χ0) is 20.3. The van der Waals surface area contributed by atoms with Crippen LogP contribution in [0, 0.1) is 0 Å². The van der Waals surface area contributed by atoms with Gasteiger partial charge in [-0.1, -0.05) is 12.1 Å². The lowest BCUT2D eigenvalue weighted by molar-refractivity contribution is -0.141. The molecule has 0 amide bonds. The van der Waals surface area contributed by atoms with Gasteiger partial charge in [-0.05, 0) is 51.4 Å². The van der Waals surface area contributed by atoms with Gasteiger partial charge in [0.2, 0.25) is 0 Å². The average Bonchev–Trinajstić information content (AvgIpc) is 3.11. The molecule has 9 heteroatoms. The zero-order valence-corrected chi connectivity index (χ0v) is 15.9. The van der Waals surface area contributed by atoms with Crippen molar-refractivity contribution in [2.24, 2.45) is 0 Å². The second kappa shape index (κ2) is 6.05. The lowest BCUT2D eigenvalue weighted by Crippen LogP contribution is -2.41. The van der Waals surface area contributed by atoms with E-state index in [9.17, 15) is 13.2 Å². The molecule has 3 aromatic rings. The Hall–Kier alpha value is -2.39. The van der Waals surface area contributed by atoms with Crippen LogP contribution in [-0.2, 0) is 15.5 Å². The van der Waals surface area contributed by atoms with E-state index >= 15 is 0 Å². The Bertz CT molecular complexity index is 1030. The first-order valence-electron chi connectivity index (χ1n) is 8.85. The molecule has 0 aliphatic carbocycles. The van der Waals surface area contributed by atoms with Gasteiger partial charge in [0.05, 0.1) is 22.9 Å². The van der Waals surface area contributed by atoms with E-state index in [4.69, 9.17) is 9.31 Å². The predicted octanol–water partition coefficient (Wildman–Crippen LogP) is 3.71. The van der Waals surface area contributed by atoms with Crippen LogP contribution < -0.4 is 5.46 Å². The third-order valence-electron chi connectivity index (χ3n) is 5.34. The molecule has 0 saturated carbocycles. The molecule has 5 nitrogen and oxygen atoms in total. The molecule has 0 radical (unpaired) electrons. The summed E-state index contributed by atoms with van der Waals surface area (Å²) in [4.78, 5) is 8.00. The van der Waals surface area contributed by atoms with Gasteiger partial charge in [0, 0.05) is 6.20 Å². The van der Waals surface area contributed by atoms with Gasteiger partial charge in [-0.25, -0.2) is 9.97 Å². The second-order valence-electron chi connectivity index (χ2n) is 7.83. The molecule has 28 heavy (non-hydrogen) atoms. The predicted molar refractivity (Wildman–Crippen MR) is 99.1 cm³/mol. The largest absolute Gasteiger partial charge is 0.496 e. The summed E-state index contributed by atoms with van der Waals surface area (Å²) in [5, 5.41) is 0. The number of hydrogen-bond acceptors (Lipinski definition) is 4. The summed E-state index contributed by atoms with van der Waals surface area (Å²) in [7, 11) is -0.584. The summed E-state index contributed by atoms with van der Waals surface area (Å²) in [6, 6.07) is 7.46. The van der Waals surface area contributed by atoms with Crippen molar-refractivity contribution in [3.05, 3.63) is 48.4 Å². The molecule has 0 unspecified atom stereocenters. The maximum absolute atomic E-state index is 13.0. The molecule has 3 aromatic heterocycles. The minimum absolute atomic E-state index is 0.140. The maximum Gasteiger partial charge on any atom is 0.496 e. The fraction of sp³-hybridized carbons (Fsp3) is 0.368. The first kappa shape index (κ1) is 19.0. The molecular weight excluding hydrogens is 370 g/mol. The summed E-state index contributed by atoms with van der Waals surface area (Å²) >= 11 is 0. The lowest BCUT2D eigenvalue weighted by Gasteiger charge is -2.32. The van der Waals surface area contributed by atoms with Crippen molar-refractivity contribution < 1.29 is 22.5 Å². The van der Waals surface area contributed by atoms with E-state index < -0.39 is 30.2 Å². The summed E-state index contributed by atoms with van der Waals surface area (Å²) in [5.74, 6) is 0.319. The van der Waals surface area contributed by atoms with E-state index in [1.807, 2.05) is 39.8 Å². The smallest absolute Gasteiger partial charge is 0.399 e. The first-order valence-corrected chi connectivity index (χ1v) is 8.85. The minimum Gasteiger partial charge on any atom is -0.399 e. The average molecular weight is 389 g/mol. The Balaban J connectivity index is 1.76. The molecule has 4 heterocycles. The molecule has 1 fully saturated rings. The number of halogens is 3. The van der Waals surface area contributed by atoms with Crippen LogP contribution in [0.3, 0.4) is 0 Å². The van der Waals surface area contributed by atoms with Crippen LogP contribution in [0.4, 0.5) is 13.2 Å². The molecule has 0 bridgehead atoms. The van der Waals surface area contributed by atoms with Crippen LogP contribution in [-0.4, -0.2) is 32.7 Å². The standard InChI is InChI=1S/C19H19BF3N3O2/c1-17(2)18(3,4)28-20(27-17)12-8-9-13-10-24-16(26(13)11-12)14-6-5-7-15(25-14)19(21,22)23/h5-11H,1-4H3. The van der Waals surface area contributed by atoms with E-state index in [0.29, 0.717) is 5.82 Å². The Morgan fingerprint density at radius 2 is 1.68 bits per heavy atom. The molecule has 0 N–H and O–H groups in total. The third kappa shape index (κ3) is 3.08. The van der Waals surface area contributed by atoms with Gasteiger partial charge in [0.25, 0.3) is 0 Å². The van der Waals surface area contributed by atoms with E-state index in [2.05, 4.69) is 9.97 Å². The number of nitrogens with zero attached hydrogens (tertiary/aromatic N) is 3.